The van der Waals surface area contributed by atoms with Crippen molar-refractivity contribution in [3.05, 3.63) is 47.3 Å². The maximum atomic E-state index is 13.2. The van der Waals surface area contributed by atoms with E-state index in [1.54, 1.807) is 6.07 Å². The zero-order chi connectivity index (χ0) is 17.0. The van der Waals surface area contributed by atoms with E-state index in [1.165, 1.54) is 18.2 Å². The zero-order valence-electron chi connectivity index (χ0n) is 11.4. The van der Waals surface area contributed by atoms with Gasteiger partial charge in [0.25, 0.3) is 0 Å². The lowest BCUT2D eigenvalue weighted by Crippen LogP contribution is -2.10. The summed E-state index contributed by atoms with van der Waals surface area (Å²) in [5.41, 5.74) is -1.52. The lowest BCUT2D eigenvalue weighted by molar-refractivity contribution is -0.138. The summed E-state index contributed by atoms with van der Waals surface area (Å²) in [4.78, 5) is 4.02. The van der Waals surface area contributed by atoms with Crippen molar-refractivity contribution >= 4 is 11.8 Å². The molecule has 0 saturated heterocycles. The molecule has 0 amide bonds. The predicted molar refractivity (Wildman–Crippen MR) is 75.7 cm³/mol. The number of nitrogens with zero attached hydrogens (tertiary/aromatic N) is 3. The van der Waals surface area contributed by atoms with Crippen molar-refractivity contribution in [1.82, 2.24) is 4.98 Å². The molecule has 0 unspecified atom stereocenters. The van der Waals surface area contributed by atoms with Crippen molar-refractivity contribution < 1.29 is 17.6 Å². The van der Waals surface area contributed by atoms with E-state index in [9.17, 15) is 17.6 Å². The Kier molecular flexibility index (Phi) is 4.87. The second-order valence-corrected chi connectivity index (χ2v) is 5.26. The van der Waals surface area contributed by atoms with Gasteiger partial charge < -0.3 is 0 Å². The van der Waals surface area contributed by atoms with Crippen molar-refractivity contribution in [2.24, 2.45) is 0 Å². The molecule has 0 aliphatic carbocycles. The smallest absolute Gasteiger partial charge is 0.240 e. The summed E-state index contributed by atoms with van der Waals surface area (Å²) in [5, 5.41) is 17.4. The van der Waals surface area contributed by atoms with Crippen LogP contribution in [-0.4, -0.2) is 10.7 Å². The maximum absolute atomic E-state index is 13.2. The van der Waals surface area contributed by atoms with Crippen LogP contribution < -0.4 is 0 Å². The molecule has 0 bridgehead atoms. The number of pyridine rings is 1. The van der Waals surface area contributed by atoms with Gasteiger partial charge in [0, 0.05) is 5.56 Å². The molecular weight excluding hydrogens is 330 g/mol. The van der Waals surface area contributed by atoms with E-state index in [2.05, 4.69) is 4.98 Å². The first kappa shape index (κ1) is 16.8. The zero-order valence-corrected chi connectivity index (χ0v) is 12.2. The minimum Gasteiger partial charge on any atom is -0.240 e. The summed E-state index contributed by atoms with van der Waals surface area (Å²) < 4.78 is 52.5. The Morgan fingerprint density at radius 3 is 2.30 bits per heavy atom. The third-order valence-corrected chi connectivity index (χ3v) is 3.66. The molecule has 1 aromatic carbocycles. The van der Waals surface area contributed by atoms with Crippen LogP contribution in [0.2, 0.25) is 0 Å². The van der Waals surface area contributed by atoms with Gasteiger partial charge in [0.15, 0.2) is 0 Å². The van der Waals surface area contributed by atoms with E-state index in [0.717, 1.165) is 30.0 Å². The van der Waals surface area contributed by atoms with Crippen molar-refractivity contribution in [3.63, 3.8) is 0 Å². The minimum atomic E-state index is -4.75. The third-order valence-electron chi connectivity index (χ3n) is 2.82. The lowest BCUT2D eigenvalue weighted by atomic mass is 10.1. The van der Waals surface area contributed by atoms with Gasteiger partial charge in [-0.15, -0.1) is 0 Å². The molecular formula is C15H7F4N3S. The highest BCUT2D eigenvalue weighted by Crippen LogP contribution is 2.37. The van der Waals surface area contributed by atoms with Gasteiger partial charge in [-0.05, 0) is 30.3 Å². The first-order chi connectivity index (χ1) is 10.9. The molecule has 0 saturated carbocycles. The number of aromatic nitrogens is 1. The summed E-state index contributed by atoms with van der Waals surface area (Å²) in [5.74, 6) is -0.677. The van der Waals surface area contributed by atoms with Crippen LogP contribution in [0.3, 0.4) is 0 Å². The molecule has 2 aromatic rings. The normalized spacial score (nSPS) is 10.9. The van der Waals surface area contributed by atoms with Crippen LogP contribution in [-0.2, 0) is 6.18 Å². The molecule has 23 heavy (non-hydrogen) atoms. The molecule has 3 nitrogen and oxygen atoms in total. The molecule has 0 spiro atoms. The van der Waals surface area contributed by atoms with Gasteiger partial charge in [0.2, 0.25) is 0 Å². The molecule has 2 rings (SSSR count). The highest BCUT2D eigenvalue weighted by molar-refractivity contribution is 7.99. The summed E-state index contributed by atoms with van der Waals surface area (Å²) in [6.45, 7) is 0. The standard InChI is InChI=1S/C15H7F4N3S/c16-10-3-1-9(2-4-10)13-7-12(15(17,18)19)11(8-21)14(22-13)23-6-5-20/h1-4,7H,6H2. The molecule has 8 heteroatoms. The number of rotatable bonds is 3. The lowest BCUT2D eigenvalue weighted by Gasteiger charge is -2.13. The van der Waals surface area contributed by atoms with E-state index in [-0.39, 0.29) is 22.0 Å². The van der Waals surface area contributed by atoms with Gasteiger partial charge in [0.1, 0.15) is 16.9 Å². The van der Waals surface area contributed by atoms with Crippen LogP contribution >= 0.6 is 11.8 Å². The van der Waals surface area contributed by atoms with Crippen LogP contribution in [0.1, 0.15) is 11.1 Å². The molecule has 1 aromatic heterocycles. The van der Waals surface area contributed by atoms with Gasteiger partial charge in [0.05, 0.1) is 28.6 Å². The monoisotopic (exact) mass is 337 g/mol. The first-order valence-corrected chi connectivity index (χ1v) is 7.13. The molecule has 0 atom stereocenters. The Labute approximate surface area is 133 Å². The van der Waals surface area contributed by atoms with E-state index < -0.39 is 23.1 Å². The van der Waals surface area contributed by atoms with E-state index >= 15 is 0 Å². The second kappa shape index (κ2) is 6.67. The van der Waals surface area contributed by atoms with E-state index in [1.807, 2.05) is 0 Å². The Morgan fingerprint density at radius 1 is 1.13 bits per heavy atom. The topological polar surface area (TPSA) is 60.5 Å². The number of hydrogen-bond donors (Lipinski definition) is 0. The molecule has 0 radical (unpaired) electrons. The summed E-state index contributed by atoms with van der Waals surface area (Å²) in [6.07, 6.45) is -4.75. The fourth-order valence-electron chi connectivity index (χ4n) is 1.83. The van der Waals surface area contributed by atoms with Gasteiger partial charge in [-0.2, -0.15) is 23.7 Å². The number of alkyl halides is 3. The molecule has 0 N–H and O–H groups in total. The number of thioether (sulfide) groups is 1. The molecule has 0 aliphatic rings. The van der Waals surface area contributed by atoms with E-state index in [0.29, 0.717) is 0 Å². The Hall–Kier alpha value is -2.58. The number of benzene rings is 1. The largest absolute Gasteiger partial charge is 0.417 e. The third kappa shape index (κ3) is 3.79. The highest BCUT2D eigenvalue weighted by atomic mass is 32.2. The van der Waals surface area contributed by atoms with Crippen molar-refractivity contribution in [3.8, 4) is 23.4 Å². The highest BCUT2D eigenvalue weighted by Gasteiger charge is 2.36. The van der Waals surface area contributed by atoms with Gasteiger partial charge in [-0.3, -0.25) is 0 Å². The Bertz CT molecular complexity index is 802. The van der Waals surface area contributed by atoms with Crippen LogP contribution in [0.25, 0.3) is 11.3 Å². The van der Waals surface area contributed by atoms with Gasteiger partial charge >= 0.3 is 6.18 Å². The summed E-state index contributed by atoms with van der Waals surface area (Å²) in [7, 11) is 0. The molecule has 1 heterocycles. The minimum absolute atomic E-state index is 0.0447. The maximum Gasteiger partial charge on any atom is 0.417 e. The van der Waals surface area contributed by atoms with Crippen LogP contribution in [0.5, 0.6) is 0 Å². The number of halogens is 4. The first-order valence-electron chi connectivity index (χ1n) is 6.15. The average molecular weight is 337 g/mol. The molecule has 0 aliphatic heterocycles. The Balaban J connectivity index is 2.67. The van der Waals surface area contributed by atoms with Gasteiger partial charge in [-0.1, -0.05) is 11.8 Å². The van der Waals surface area contributed by atoms with Crippen LogP contribution in [0.4, 0.5) is 17.6 Å². The number of hydrogen-bond acceptors (Lipinski definition) is 4. The predicted octanol–water partition coefficient (Wildman–Crippen LogP) is 4.39. The van der Waals surface area contributed by atoms with Crippen molar-refractivity contribution in [2.75, 3.05) is 5.75 Å². The molecule has 116 valence electrons. The van der Waals surface area contributed by atoms with Crippen molar-refractivity contribution in [1.29, 1.82) is 10.5 Å². The molecule has 0 fully saturated rings. The number of nitriles is 2. The fraction of sp³-hybridized carbons (Fsp3) is 0.133. The van der Waals surface area contributed by atoms with Crippen LogP contribution in [0.15, 0.2) is 35.4 Å². The fourth-order valence-corrected chi connectivity index (χ4v) is 2.49. The van der Waals surface area contributed by atoms with Gasteiger partial charge in [-0.25, -0.2) is 9.37 Å². The van der Waals surface area contributed by atoms with E-state index in [4.69, 9.17) is 10.5 Å². The summed E-state index contributed by atoms with van der Waals surface area (Å²) in [6, 6.07) is 8.81. The summed E-state index contributed by atoms with van der Waals surface area (Å²) >= 11 is 0.745. The second-order valence-electron chi connectivity index (χ2n) is 4.30. The average Bonchev–Trinajstić information content (AvgIpc) is 2.51. The van der Waals surface area contributed by atoms with Crippen LogP contribution in [0, 0.1) is 28.5 Å². The van der Waals surface area contributed by atoms with Crippen molar-refractivity contribution in [2.45, 2.75) is 11.2 Å². The quantitative estimate of drug-likeness (QED) is 0.615. The SMILES string of the molecule is N#CCSc1nc(-c2ccc(F)cc2)cc(C(F)(F)F)c1C#N. The Morgan fingerprint density at radius 2 is 1.78 bits per heavy atom.